The fourth-order valence-electron chi connectivity index (χ4n) is 4.14. The van der Waals surface area contributed by atoms with Gasteiger partial charge in [-0.1, -0.05) is 12.1 Å². The molecule has 2 aliphatic heterocycles. The fraction of sp³-hybridized carbons (Fsp3) is 0.500. The molecule has 0 bridgehead atoms. The first kappa shape index (κ1) is 18.7. The van der Waals surface area contributed by atoms with Gasteiger partial charge in [0.1, 0.15) is 0 Å². The predicted octanol–water partition coefficient (Wildman–Crippen LogP) is 3.00. The summed E-state index contributed by atoms with van der Waals surface area (Å²) in [5, 5.41) is 3.12. The lowest BCUT2D eigenvalue weighted by Crippen LogP contribution is -2.43. The van der Waals surface area contributed by atoms with Crippen molar-refractivity contribution in [1.82, 2.24) is 15.3 Å². The Morgan fingerprint density at radius 3 is 2.43 bits per heavy atom. The number of anilines is 2. The summed E-state index contributed by atoms with van der Waals surface area (Å²) in [7, 11) is 0. The van der Waals surface area contributed by atoms with Crippen molar-refractivity contribution in [2.24, 2.45) is 5.92 Å². The maximum atomic E-state index is 12.7. The normalized spacial score (nSPS) is 20.1. The molecular weight excluding hydrogens is 350 g/mol. The SMILES string of the molecule is O=C(NCc1ccc(N2CCCCC2)cc1)C1CCCN(c2ncccn2)C1. The van der Waals surface area contributed by atoms with E-state index in [0.717, 1.165) is 38.0 Å². The number of piperidine rings is 2. The van der Waals surface area contributed by atoms with Crippen molar-refractivity contribution in [1.29, 1.82) is 0 Å². The van der Waals surface area contributed by atoms with Gasteiger partial charge < -0.3 is 15.1 Å². The van der Waals surface area contributed by atoms with Gasteiger partial charge in [0, 0.05) is 50.8 Å². The number of aromatic nitrogens is 2. The Morgan fingerprint density at radius 1 is 0.964 bits per heavy atom. The van der Waals surface area contributed by atoms with Gasteiger partial charge in [-0.3, -0.25) is 4.79 Å². The van der Waals surface area contributed by atoms with Crippen LogP contribution in [-0.2, 0) is 11.3 Å². The second-order valence-electron chi connectivity index (χ2n) is 7.77. The highest BCUT2D eigenvalue weighted by atomic mass is 16.1. The summed E-state index contributed by atoms with van der Waals surface area (Å²) in [4.78, 5) is 25.9. The van der Waals surface area contributed by atoms with E-state index in [1.807, 2.05) is 6.07 Å². The molecule has 1 N–H and O–H groups in total. The first-order valence-electron chi connectivity index (χ1n) is 10.4. The van der Waals surface area contributed by atoms with Gasteiger partial charge in [0.25, 0.3) is 0 Å². The molecule has 6 nitrogen and oxygen atoms in total. The van der Waals surface area contributed by atoms with Crippen LogP contribution < -0.4 is 15.1 Å². The summed E-state index contributed by atoms with van der Waals surface area (Å²) in [5.74, 6) is 0.833. The molecule has 1 aromatic carbocycles. The minimum atomic E-state index is -0.00909. The Balaban J connectivity index is 1.29. The van der Waals surface area contributed by atoms with Crippen LogP contribution in [-0.4, -0.2) is 42.1 Å². The zero-order valence-electron chi connectivity index (χ0n) is 16.4. The average molecular weight is 380 g/mol. The van der Waals surface area contributed by atoms with E-state index in [4.69, 9.17) is 0 Å². The average Bonchev–Trinajstić information content (AvgIpc) is 2.79. The molecule has 3 heterocycles. The highest BCUT2D eigenvalue weighted by molar-refractivity contribution is 5.79. The van der Waals surface area contributed by atoms with E-state index in [1.165, 1.54) is 24.9 Å². The number of hydrogen-bond acceptors (Lipinski definition) is 5. The molecule has 0 aliphatic carbocycles. The Labute approximate surface area is 167 Å². The zero-order valence-corrected chi connectivity index (χ0v) is 16.4. The number of rotatable bonds is 5. The monoisotopic (exact) mass is 379 g/mol. The summed E-state index contributed by atoms with van der Waals surface area (Å²) in [6, 6.07) is 10.4. The van der Waals surface area contributed by atoms with E-state index in [9.17, 15) is 4.79 Å². The number of benzene rings is 1. The van der Waals surface area contributed by atoms with Crippen LogP contribution in [0.1, 0.15) is 37.7 Å². The van der Waals surface area contributed by atoms with Gasteiger partial charge >= 0.3 is 0 Å². The Hall–Kier alpha value is -2.63. The zero-order chi connectivity index (χ0) is 19.2. The lowest BCUT2D eigenvalue weighted by Gasteiger charge is -2.32. The molecule has 0 radical (unpaired) electrons. The molecule has 4 rings (SSSR count). The summed E-state index contributed by atoms with van der Waals surface area (Å²) < 4.78 is 0. The molecule has 28 heavy (non-hydrogen) atoms. The number of carbonyl (C=O) groups is 1. The van der Waals surface area contributed by atoms with E-state index in [-0.39, 0.29) is 11.8 Å². The summed E-state index contributed by atoms with van der Waals surface area (Å²) in [6.45, 7) is 4.48. The molecule has 6 heteroatoms. The number of amides is 1. The third-order valence-electron chi connectivity index (χ3n) is 5.75. The molecule has 148 valence electrons. The maximum absolute atomic E-state index is 12.7. The van der Waals surface area contributed by atoms with Crippen LogP contribution in [0.2, 0.25) is 0 Å². The Kier molecular flexibility index (Phi) is 6.04. The molecule has 1 amide bonds. The van der Waals surface area contributed by atoms with Crippen LogP contribution in [0.3, 0.4) is 0 Å². The summed E-state index contributed by atoms with van der Waals surface area (Å²) in [6.07, 6.45) is 9.31. The van der Waals surface area contributed by atoms with Gasteiger partial charge in [-0.15, -0.1) is 0 Å². The second-order valence-corrected chi connectivity index (χ2v) is 7.77. The Bertz CT molecular complexity index is 758. The quantitative estimate of drug-likeness (QED) is 0.865. The molecular formula is C22H29N5O. The highest BCUT2D eigenvalue weighted by Crippen LogP contribution is 2.22. The maximum Gasteiger partial charge on any atom is 0.225 e. The second kappa shape index (κ2) is 9.04. The van der Waals surface area contributed by atoms with Gasteiger partial charge in [0.05, 0.1) is 5.92 Å². The molecule has 2 fully saturated rings. The number of nitrogens with zero attached hydrogens (tertiary/aromatic N) is 4. The van der Waals surface area contributed by atoms with Crippen LogP contribution in [0, 0.1) is 5.92 Å². The van der Waals surface area contributed by atoms with Crippen molar-refractivity contribution >= 4 is 17.5 Å². The molecule has 2 saturated heterocycles. The smallest absolute Gasteiger partial charge is 0.225 e. The number of hydrogen-bond donors (Lipinski definition) is 1. The van der Waals surface area contributed by atoms with Gasteiger partial charge in [-0.25, -0.2) is 9.97 Å². The van der Waals surface area contributed by atoms with Crippen molar-refractivity contribution in [3.8, 4) is 0 Å². The lowest BCUT2D eigenvalue weighted by molar-refractivity contribution is -0.125. The first-order valence-corrected chi connectivity index (χ1v) is 10.4. The van der Waals surface area contributed by atoms with Gasteiger partial charge in [0.2, 0.25) is 11.9 Å². The third-order valence-corrected chi connectivity index (χ3v) is 5.75. The number of nitrogens with one attached hydrogen (secondary N) is 1. The molecule has 1 unspecified atom stereocenters. The highest BCUT2D eigenvalue weighted by Gasteiger charge is 2.26. The van der Waals surface area contributed by atoms with Crippen LogP contribution in [0.15, 0.2) is 42.7 Å². The summed E-state index contributed by atoms with van der Waals surface area (Å²) in [5.41, 5.74) is 2.44. The van der Waals surface area contributed by atoms with Crippen molar-refractivity contribution < 1.29 is 4.79 Å². The van der Waals surface area contributed by atoms with E-state index in [1.54, 1.807) is 12.4 Å². The molecule has 2 aliphatic rings. The number of carbonyl (C=O) groups excluding carboxylic acids is 1. The van der Waals surface area contributed by atoms with E-state index in [2.05, 4.69) is 49.4 Å². The third kappa shape index (κ3) is 4.61. The van der Waals surface area contributed by atoms with Crippen LogP contribution in [0.25, 0.3) is 0 Å². The molecule has 0 spiro atoms. The molecule has 1 aromatic heterocycles. The van der Waals surface area contributed by atoms with Gasteiger partial charge in [0.15, 0.2) is 0 Å². The Morgan fingerprint density at radius 2 is 1.68 bits per heavy atom. The fourth-order valence-corrected chi connectivity index (χ4v) is 4.14. The van der Waals surface area contributed by atoms with Crippen molar-refractivity contribution in [3.05, 3.63) is 48.3 Å². The van der Waals surface area contributed by atoms with E-state index in [0.29, 0.717) is 19.0 Å². The van der Waals surface area contributed by atoms with Crippen LogP contribution in [0.4, 0.5) is 11.6 Å². The summed E-state index contributed by atoms with van der Waals surface area (Å²) >= 11 is 0. The van der Waals surface area contributed by atoms with Crippen LogP contribution in [0.5, 0.6) is 0 Å². The van der Waals surface area contributed by atoms with E-state index < -0.39 is 0 Å². The van der Waals surface area contributed by atoms with Gasteiger partial charge in [-0.05, 0) is 55.9 Å². The van der Waals surface area contributed by atoms with Crippen molar-refractivity contribution in [2.45, 2.75) is 38.6 Å². The molecule has 2 aromatic rings. The minimum Gasteiger partial charge on any atom is -0.372 e. The lowest BCUT2D eigenvalue weighted by atomic mass is 9.97. The topological polar surface area (TPSA) is 61.4 Å². The van der Waals surface area contributed by atoms with Gasteiger partial charge in [-0.2, -0.15) is 0 Å². The first-order chi connectivity index (χ1) is 13.8. The minimum absolute atomic E-state index is 0.00909. The largest absolute Gasteiger partial charge is 0.372 e. The van der Waals surface area contributed by atoms with Crippen LogP contribution >= 0.6 is 0 Å². The van der Waals surface area contributed by atoms with E-state index >= 15 is 0 Å². The predicted molar refractivity (Wildman–Crippen MR) is 111 cm³/mol. The van der Waals surface area contributed by atoms with Crippen molar-refractivity contribution in [2.75, 3.05) is 36.0 Å². The standard InChI is InChI=1S/C22H29N5O/c28-21(19-6-4-15-27(17-19)22-23-11-5-12-24-22)25-16-18-7-9-20(10-8-18)26-13-2-1-3-14-26/h5,7-12,19H,1-4,6,13-17H2,(H,25,28). The molecule has 0 saturated carbocycles. The molecule has 1 atom stereocenters. The van der Waals surface area contributed by atoms with Crippen molar-refractivity contribution in [3.63, 3.8) is 0 Å².